The molecule has 5 nitrogen and oxygen atoms in total. The van der Waals surface area contributed by atoms with E-state index in [2.05, 4.69) is 25.6 Å². The standard InChI is InChI=1S/C22H22BrClN2O3S/c1-3-4-5-10-30(28,29)26-22(27)16-7-9-21-19(12-16)18(14(2)25-21)11-15-6-8-17(23)13-20(15)24/h5-10,12-13,25H,3-4,11H2,1-2H3,(H,26,27). The number of sulfonamides is 1. The molecule has 0 aliphatic heterocycles. The normalized spacial score (nSPS) is 12.0. The lowest BCUT2D eigenvalue weighted by molar-refractivity contribution is 0.0982. The lowest BCUT2D eigenvalue weighted by Gasteiger charge is -2.07. The van der Waals surface area contributed by atoms with Crippen LogP contribution in [0.5, 0.6) is 0 Å². The zero-order chi connectivity index (χ0) is 21.9. The van der Waals surface area contributed by atoms with Crippen LogP contribution >= 0.6 is 27.5 Å². The first-order valence-corrected chi connectivity index (χ1v) is 12.2. The maximum atomic E-state index is 12.5. The number of carbonyl (C=O) groups excluding carboxylic acids is 1. The van der Waals surface area contributed by atoms with Crippen molar-refractivity contribution in [3.05, 3.63) is 79.8 Å². The Bertz CT molecular complexity index is 1230. The molecule has 1 aromatic heterocycles. The highest BCUT2D eigenvalue weighted by atomic mass is 79.9. The Labute approximate surface area is 189 Å². The molecule has 0 unspecified atom stereocenters. The van der Waals surface area contributed by atoms with Crippen molar-refractivity contribution >= 4 is 54.4 Å². The van der Waals surface area contributed by atoms with Crippen molar-refractivity contribution in [2.75, 3.05) is 0 Å². The van der Waals surface area contributed by atoms with E-state index in [0.29, 0.717) is 17.9 Å². The Kier molecular flexibility index (Phi) is 7.06. The van der Waals surface area contributed by atoms with Crippen molar-refractivity contribution in [3.8, 4) is 0 Å². The number of unbranched alkanes of at least 4 members (excludes halogenated alkanes) is 1. The highest BCUT2D eigenvalue weighted by molar-refractivity contribution is 9.10. The molecule has 0 atom stereocenters. The molecule has 1 amide bonds. The van der Waals surface area contributed by atoms with Gasteiger partial charge in [0.2, 0.25) is 0 Å². The van der Waals surface area contributed by atoms with Crippen LogP contribution in [-0.4, -0.2) is 19.3 Å². The first-order chi connectivity index (χ1) is 14.2. The minimum Gasteiger partial charge on any atom is -0.358 e. The van der Waals surface area contributed by atoms with Crippen LogP contribution < -0.4 is 4.72 Å². The van der Waals surface area contributed by atoms with Gasteiger partial charge in [-0.1, -0.05) is 53.0 Å². The molecule has 0 spiro atoms. The van der Waals surface area contributed by atoms with Gasteiger partial charge >= 0.3 is 0 Å². The number of carbonyl (C=O) groups is 1. The maximum Gasteiger partial charge on any atom is 0.265 e. The fraction of sp³-hybridized carbons (Fsp3) is 0.227. The SMILES string of the molecule is CCCC=CS(=O)(=O)NC(=O)c1ccc2[nH]c(C)c(Cc3ccc(Br)cc3Cl)c2c1. The Morgan fingerprint density at radius 3 is 2.70 bits per heavy atom. The largest absolute Gasteiger partial charge is 0.358 e. The summed E-state index contributed by atoms with van der Waals surface area (Å²) in [7, 11) is -3.83. The average Bonchev–Trinajstić information content (AvgIpc) is 2.98. The number of allylic oxidation sites excluding steroid dienone is 1. The molecule has 0 saturated carbocycles. The van der Waals surface area contributed by atoms with Gasteiger partial charge in [-0.25, -0.2) is 13.1 Å². The summed E-state index contributed by atoms with van der Waals surface area (Å²) in [5.74, 6) is -0.662. The molecule has 30 heavy (non-hydrogen) atoms. The molecule has 158 valence electrons. The summed E-state index contributed by atoms with van der Waals surface area (Å²) >= 11 is 9.79. The van der Waals surface area contributed by atoms with Crippen LogP contribution in [0, 0.1) is 6.92 Å². The predicted octanol–water partition coefficient (Wildman–Crippen LogP) is 5.86. The highest BCUT2D eigenvalue weighted by Gasteiger charge is 2.17. The molecule has 0 fully saturated rings. The van der Waals surface area contributed by atoms with Crippen molar-refractivity contribution in [2.45, 2.75) is 33.1 Å². The third-order valence-corrected chi connectivity index (χ3v) is 6.60. The van der Waals surface area contributed by atoms with Crippen LogP contribution in [0.25, 0.3) is 10.9 Å². The summed E-state index contributed by atoms with van der Waals surface area (Å²) in [5, 5.41) is 2.55. The lowest BCUT2D eigenvalue weighted by atomic mass is 10.0. The predicted molar refractivity (Wildman–Crippen MR) is 125 cm³/mol. The number of amides is 1. The van der Waals surface area contributed by atoms with Gasteiger partial charge in [0, 0.05) is 43.5 Å². The minimum atomic E-state index is -3.83. The summed E-state index contributed by atoms with van der Waals surface area (Å²) in [4.78, 5) is 15.9. The number of H-pyrrole nitrogens is 1. The van der Waals surface area contributed by atoms with E-state index >= 15 is 0 Å². The van der Waals surface area contributed by atoms with Crippen LogP contribution in [0.2, 0.25) is 5.02 Å². The second kappa shape index (κ2) is 9.37. The van der Waals surface area contributed by atoms with Gasteiger partial charge in [-0.3, -0.25) is 4.79 Å². The van der Waals surface area contributed by atoms with Gasteiger partial charge in [0.25, 0.3) is 15.9 Å². The Morgan fingerprint density at radius 1 is 1.23 bits per heavy atom. The van der Waals surface area contributed by atoms with Crippen LogP contribution in [0.3, 0.4) is 0 Å². The van der Waals surface area contributed by atoms with Crippen LogP contribution in [0.15, 0.2) is 52.4 Å². The second-order valence-corrected chi connectivity index (χ2v) is 9.93. The van der Waals surface area contributed by atoms with Gasteiger partial charge in [0.15, 0.2) is 0 Å². The van der Waals surface area contributed by atoms with E-state index in [1.54, 1.807) is 18.2 Å². The van der Waals surface area contributed by atoms with Crippen LogP contribution in [0.1, 0.15) is 46.9 Å². The topological polar surface area (TPSA) is 79.0 Å². The second-order valence-electron chi connectivity index (χ2n) is 7.04. The molecule has 2 N–H and O–H groups in total. The van der Waals surface area contributed by atoms with Crippen molar-refractivity contribution in [1.82, 2.24) is 9.71 Å². The number of aromatic amines is 1. The Morgan fingerprint density at radius 2 is 2.00 bits per heavy atom. The minimum absolute atomic E-state index is 0.275. The van der Waals surface area contributed by atoms with Crippen molar-refractivity contribution in [3.63, 3.8) is 0 Å². The number of hydrogen-bond acceptors (Lipinski definition) is 3. The summed E-state index contributed by atoms with van der Waals surface area (Å²) in [6.07, 6.45) is 3.58. The fourth-order valence-corrected chi connectivity index (χ4v) is 4.76. The zero-order valence-electron chi connectivity index (χ0n) is 16.6. The molecule has 0 aliphatic rings. The van der Waals surface area contributed by atoms with Crippen LogP contribution in [0.4, 0.5) is 0 Å². The van der Waals surface area contributed by atoms with Crippen molar-refractivity contribution in [1.29, 1.82) is 0 Å². The Balaban J connectivity index is 1.92. The molecule has 0 bridgehead atoms. The number of hydrogen-bond donors (Lipinski definition) is 2. The van der Waals surface area contributed by atoms with E-state index < -0.39 is 15.9 Å². The van der Waals surface area contributed by atoms with E-state index in [-0.39, 0.29) is 5.56 Å². The molecule has 2 aromatic carbocycles. The van der Waals surface area contributed by atoms with Gasteiger partial charge in [-0.15, -0.1) is 0 Å². The Hall–Kier alpha value is -2.09. The average molecular weight is 510 g/mol. The number of aryl methyl sites for hydroxylation is 1. The summed E-state index contributed by atoms with van der Waals surface area (Å²) < 4.78 is 27.2. The first-order valence-electron chi connectivity index (χ1n) is 9.49. The highest BCUT2D eigenvalue weighted by Crippen LogP contribution is 2.29. The number of nitrogens with one attached hydrogen (secondary N) is 2. The van der Waals surface area contributed by atoms with E-state index in [9.17, 15) is 13.2 Å². The van der Waals surface area contributed by atoms with E-state index in [4.69, 9.17) is 11.6 Å². The number of rotatable bonds is 7. The number of halogens is 2. The van der Waals surface area contributed by atoms with Gasteiger partial charge in [-0.2, -0.15) is 0 Å². The number of benzene rings is 2. The quantitative estimate of drug-likeness (QED) is 0.419. The molecule has 0 radical (unpaired) electrons. The summed E-state index contributed by atoms with van der Waals surface area (Å²) in [6, 6.07) is 10.8. The number of aromatic nitrogens is 1. The third-order valence-electron chi connectivity index (χ3n) is 4.73. The molecular weight excluding hydrogens is 488 g/mol. The van der Waals surface area contributed by atoms with Crippen molar-refractivity contribution in [2.24, 2.45) is 0 Å². The molecule has 0 saturated heterocycles. The molecule has 3 rings (SSSR count). The summed E-state index contributed by atoms with van der Waals surface area (Å²) in [5.41, 5.74) is 4.09. The van der Waals surface area contributed by atoms with Crippen LogP contribution in [-0.2, 0) is 16.4 Å². The smallest absolute Gasteiger partial charge is 0.265 e. The summed E-state index contributed by atoms with van der Waals surface area (Å²) in [6.45, 7) is 3.91. The molecule has 1 heterocycles. The third kappa shape index (κ3) is 5.33. The first kappa shape index (κ1) is 22.6. The van der Waals surface area contributed by atoms with E-state index in [1.165, 1.54) is 6.08 Å². The van der Waals surface area contributed by atoms with Gasteiger partial charge < -0.3 is 4.98 Å². The molecule has 0 aliphatic carbocycles. The van der Waals surface area contributed by atoms with Gasteiger partial charge in [0.05, 0.1) is 0 Å². The molecular formula is C22H22BrClN2O3S. The zero-order valence-corrected chi connectivity index (χ0v) is 19.8. The fourth-order valence-electron chi connectivity index (χ4n) is 3.19. The van der Waals surface area contributed by atoms with Gasteiger partial charge in [0.1, 0.15) is 0 Å². The van der Waals surface area contributed by atoms with E-state index in [1.807, 2.05) is 32.0 Å². The maximum absolute atomic E-state index is 12.5. The number of fused-ring (bicyclic) bond motifs is 1. The van der Waals surface area contributed by atoms with Crippen molar-refractivity contribution < 1.29 is 13.2 Å². The van der Waals surface area contributed by atoms with E-state index in [0.717, 1.165) is 44.0 Å². The molecule has 8 heteroatoms. The molecule has 3 aromatic rings. The lowest BCUT2D eigenvalue weighted by Crippen LogP contribution is -2.28. The van der Waals surface area contributed by atoms with Gasteiger partial charge in [-0.05, 0) is 54.8 Å². The monoisotopic (exact) mass is 508 g/mol.